The molecule has 0 aromatic carbocycles. The molecule has 8 nitrogen and oxygen atoms in total. The third-order valence-corrected chi connectivity index (χ3v) is 9.98. The number of hydrogen-bond donors (Lipinski definition) is 1. The van der Waals surface area contributed by atoms with Crippen molar-refractivity contribution in [1.29, 1.82) is 0 Å². The van der Waals surface area contributed by atoms with Crippen LogP contribution in [-0.4, -0.2) is 58.8 Å². The van der Waals surface area contributed by atoms with Gasteiger partial charge in [-0.15, -0.1) is 0 Å². The summed E-state index contributed by atoms with van der Waals surface area (Å²) in [5, 5.41) is 10.6. The lowest BCUT2D eigenvalue weighted by atomic mass is 9.53. The minimum Gasteiger partial charge on any atom is -0.489 e. The van der Waals surface area contributed by atoms with Crippen LogP contribution in [0.5, 0.6) is 0 Å². The predicted octanol–water partition coefficient (Wildman–Crippen LogP) is 5.52. The Labute approximate surface area is 244 Å². The highest BCUT2D eigenvalue weighted by Crippen LogP contribution is 2.60. The first-order chi connectivity index (χ1) is 19.1. The lowest BCUT2D eigenvalue weighted by Crippen LogP contribution is -2.62. The van der Waals surface area contributed by atoms with Crippen LogP contribution in [0.2, 0.25) is 0 Å². The van der Waals surface area contributed by atoms with Crippen molar-refractivity contribution in [2.75, 3.05) is 6.61 Å². The number of hydrogen-bond acceptors (Lipinski definition) is 8. The number of Topliss-reactive ketones (excluding diaryl/α,β-unsaturated/α-hetero) is 2. The second kappa shape index (κ2) is 11.3. The lowest BCUT2D eigenvalue weighted by Gasteiger charge is -2.60. The van der Waals surface area contributed by atoms with Gasteiger partial charge in [0.15, 0.2) is 11.5 Å². The summed E-state index contributed by atoms with van der Waals surface area (Å²) in [5.74, 6) is -1.70. The molecule has 4 aliphatic rings. The number of rotatable bonds is 8. The van der Waals surface area contributed by atoms with Gasteiger partial charge in [0.25, 0.3) is 0 Å². The Bertz CT molecular complexity index is 1190. The molecule has 4 rings (SSSR count). The van der Waals surface area contributed by atoms with E-state index in [4.69, 9.17) is 18.9 Å². The maximum Gasteiger partial charge on any atom is 0.303 e. The van der Waals surface area contributed by atoms with Crippen LogP contribution in [0, 0.1) is 17.3 Å². The van der Waals surface area contributed by atoms with Crippen molar-refractivity contribution in [2.24, 2.45) is 17.3 Å². The van der Waals surface area contributed by atoms with E-state index in [0.29, 0.717) is 31.3 Å². The molecule has 2 aliphatic carbocycles. The maximum atomic E-state index is 14.3. The molecular formula is C33H48O8. The highest BCUT2D eigenvalue weighted by molar-refractivity contribution is 6.24. The molecule has 1 saturated heterocycles. The van der Waals surface area contributed by atoms with Crippen LogP contribution in [0.25, 0.3) is 0 Å². The fourth-order valence-electron chi connectivity index (χ4n) is 7.50. The molecule has 8 heteroatoms. The first kappa shape index (κ1) is 31.5. The highest BCUT2D eigenvalue weighted by atomic mass is 16.5. The molecule has 2 fully saturated rings. The first-order valence-electron chi connectivity index (χ1n) is 15.1. The second-order valence-corrected chi connectivity index (χ2v) is 13.4. The summed E-state index contributed by atoms with van der Waals surface area (Å²) in [7, 11) is 0. The van der Waals surface area contributed by atoms with Crippen molar-refractivity contribution in [1.82, 2.24) is 0 Å². The van der Waals surface area contributed by atoms with E-state index in [1.165, 1.54) is 6.92 Å². The number of carbonyl (C=O) groups excluding carboxylic acids is 3. The quantitative estimate of drug-likeness (QED) is 0.230. The zero-order chi connectivity index (χ0) is 30.5. The predicted molar refractivity (Wildman–Crippen MR) is 154 cm³/mol. The van der Waals surface area contributed by atoms with E-state index in [-0.39, 0.29) is 58.8 Å². The minimum atomic E-state index is -0.939. The van der Waals surface area contributed by atoms with Crippen LogP contribution in [0.4, 0.5) is 0 Å². The molecule has 7 atom stereocenters. The Morgan fingerprint density at radius 3 is 2.44 bits per heavy atom. The number of fused-ring (bicyclic) bond motifs is 3. The zero-order valence-electron chi connectivity index (χ0n) is 26.2. The van der Waals surface area contributed by atoms with Crippen molar-refractivity contribution in [3.63, 3.8) is 0 Å². The molecule has 0 aromatic rings. The van der Waals surface area contributed by atoms with E-state index in [2.05, 4.69) is 6.92 Å². The van der Waals surface area contributed by atoms with E-state index in [1.807, 2.05) is 33.8 Å². The van der Waals surface area contributed by atoms with Gasteiger partial charge in [-0.25, -0.2) is 0 Å². The molecule has 1 saturated carbocycles. The molecule has 0 amide bonds. The molecule has 2 aliphatic heterocycles. The van der Waals surface area contributed by atoms with Gasteiger partial charge >= 0.3 is 5.97 Å². The van der Waals surface area contributed by atoms with Gasteiger partial charge in [0.1, 0.15) is 11.7 Å². The van der Waals surface area contributed by atoms with Crippen molar-refractivity contribution in [2.45, 2.75) is 130 Å². The summed E-state index contributed by atoms with van der Waals surface area (Å²) in [6.07, 6.45) is 4.76. The van der Waals surface area contributed by atoms with Crippen molar-refractivity contribution >= 4 is 17.5 Å². The molecule has 0 bridgehead atoms. The van der Waals surface area contributed by atoms with Crippen LogP contribution >= 0.6 is 0 Å². The molecule has 0 aromatic heterocycles. The smallest absolute Gasteiger partial charge is 0.303 e. The largest absolute Gasteiger partial charge is 0.489 e. The number of ether oxygens (including phenoxy) is 4. The molecule has 2 heterocycles. The molecule has 0 spiro atoms. The molecule has 228 valence electrons. The number of esters is 1. The summed E-state index contributed by atoms with van der Waals surface area (Å²) in [6.45, 7) is 16.8. The van der Waals surface area contributed by atoms with Crippen LogP contribution < -0.4 is 0 Å². The van der Waals surface area contributed by atoms with Crippen LogP contribution in [0.1, 0.15) is 101 Å². The Hall–Kier alpha value is -2.45. The summed E-state index contributed by atoms with van der Waals surface area (Å²) < 4.78 is 24.8. The molecule has 0 unspecified atom stereocenters. The number of carbonyl (C=O) groups is 3. The summed E-state index contributed by atoms with van der Waals surface area (Å²) in [4.78, 5) is 40.4. The average Bonchev–Trinajstić information content (AvgIpc) is 2.90. The highest BCUT2D eigenvalue weighted by Gasteiger charge is 2.61. The third-order valence-electron chi connectivity index (χ3n) is 9.98. The van der Waals surface area contributed by atoms with E-state index >= 15 is 0 Å². The first-order valence-corrected chi connectivity index (χ1v) is 15.1. The van der Waals surface area contributed by atoms with E-state index in [1.54, 1.807) is 20.8 Å². The topological polar surface area (TPSA) is 108 Å². The third kappa shape index (κ3) is 5.54. The van der Waals surface area contributed by atoms with Gasteiger partial charge in [0, 0.05) is 29.7 Å². The Morgan fingerprint density at radius 2 is 1.85 bits per heavy atom. The van der Waals surface area contributed by atoms with Crippen LogP contribution in [-0.2, 0) is 33.3 Å². The van der Waals surface area contributed by atoms with Gasteiger partial charge in [-0.2, -0.15) is 0 Å². The normalized spacial score (nSPS) is 33.8. The van der Waals surface area contributed by atoms with E-state index in [0.717, 1.165) is 18.4 Å². The zero-order valence-corrected chi connectivity index (χ0v) is 26.2. The van der Waals surface area contributed by atoms with Crippen molar-refractivity contribution in [3.8, 4) is 0 Å². The van der Waals surface area contributed by atoms with Crippen molar-refractivity contribution < 1.29 is 38.4 Å². The molecular weight excluding hydrogens is 524 g/mol. The van der Waals surface area contributed by atoms with E-state index < -0.39 is 29.2 Å². The molecule has 1 N–H and O–H groups in total. The van der Waals surface area contributed by atoms with Gasteiger partial charge in [0.2, 0.25) is 11.6 Å². The molecule has 41 heavy (non-hydrogen) atoms. The maximum absolute atomic E-state index is 14.3. The molecule has 0 radical (unpaired) electrons. The van der Waals surface area contributed by atoms with Gasteiger partial charge in [-0.1, -0.05) is 26.8 Å². The average molecular weight is 573 g/mol. The van der Waals surface area contributed by atoms with Crippen molar-refractivity contribution in [3.05, 3.63) is 34.3 Å². The summed E-state index contributed by atoms with van der Waals surface area (Å²) >= 11 is 0. The van der Waals surface area contributed by atoms with E-state index in [9.17, 15) is 19.5 Å². The monoisotopic (exact) mass is 572 g/mol. The number of ketones is 2. The van der Waals surface area contributed by atoms with Crippen LogP contribution in [0.3, 0.4) is 0 Å². The van der Waals surface area contributed by atoms with Crippen LogP contribution in [0.15, 0.2) is 34.3 Å². The standard InChI is InChI=1S/C33H48O8/c1-10-16-38-30-25(19(4)28(18(3)11-2)39-20(5)34)27(36)29-21(26(30)35)17-22-32(8)14-12-23(31(6,7)37)40-24(32)13-15-33(22,9)41-29/h11,19,22-24,28,37H,10,12-17H2,1-9H3/b18-11+/t19-,22+,23+,24+,28+,32+,33+/m0/s1. The second-order valence-electron chi connectivity index (χ2n) is 13.4. The fourth-order valence-corrected chi connectivity index (χ4v) is 7.50. The van der Waals surface area contributed by atoms with Gasteiger partial charge in [-0.05, 0) is 78.7 Å². The number of aliphatic hydroxyl groups is 1. The SMILES string of the molecule is C/C=C(\C)[C@@H](OC(C)=O)[C@@H](C)C1=C(OCCC)C(=O)C2=C(O[C@]3(C)CC[C@H]4O[C@@H](C(C)(C)O)CC[C@]4(C)[C@H]3C2)C1=O. The van der Waals surface area contributed by atoms with Gasteiger partial charge < -0.3 is 24.1 Å². The van der Waals surface area contributed by atoms with Gasteiger partial charge in [0.05, 0.1) is 30.0 Å². The Morgan fingerprint density at radius 1 is 1.17 bits per heavy atom. The fraction of sp³-hybridized carbons (Fsp3) is 0.727. The Kier molecular flexibility index (Phi) is 8.70. The lowest BCUT2D eigenvalue weighted by molar-refractivity contribution is -0.245. The Balaban J connectivity index is 1.73. The van der Waals surface area contributed by atoms with Gasteiger partial charge in [-0.3, -0.25) is 14.4 Å². The summed E-state index contributed by atoms with van der Waals surface area (Å²) in [6, 6.07) is 0. The minimum absolute atomic E-state index is 0.0378. The number of allylic oxidation sites excluding steroid dienone is 3. The summed E-state index contributed by atoms with van der Waals surface area (Å²) in [5.41, 5.74) is -0.550.